The Hall–Kier alpha value is -0.880. The first-order valence-electron chi connectivity index (χ1n) is 4.09. The third kappa shape index (κ3) is 5.56. The highest BCUT2D eigenvalue weighted by molar-refractivity contribution is 5.00. The van der Waals surface area contributed by atoms with Gasteiger partial charge in [-0.15, -0.1) is 24.2 Å². The van der Waals surface area contributed by atoms with Crippen LogP contribution in [-0.2, 0) is 0 Å². The van der Waals surface area contributed by atoms with Gasteiger partial charge >= 0.3 is 0 Å². The SMILES string of the molecule is C#CC(C)CCC(C)C#CC. The second-order valence-corrected chi connectivity index (χ2v) is 2.94. The highest BCUT2D eigenvalue weighted by Gasteiger charge is 2.00. The average molecular weight is 148 g/mol. The van der Waals surface area contributed by atoms with Gasteiger partial charge < -0.3 is 0 Å². The molecule has 0 rings (SSSR count). The van der Waals surface area contributed by atoms with E-state index in [0.717, 1.165) is 12.8 Å². The Balaban J connectivity index is 3.52. The molecule has 11 heavy (non-hydrogen) atoms. The fourth-order valence-corrected chi connectivity index (χ4v) is 0.902. The molecule has 0 amide bonds. The lowest BCUT2D eigenvalue weighted by atomic mass is 9.99. The van der Waals surface area contributed by atoms with Crippen molar-refractivity contribution in [1.29, 1.82) is 0 Å². The Morgan fingerprint density at radius 2 is 1.73 bits per heavy atom. The Morgan fingerprint density at radius 3 is 2.18 bits per heavy atom. The van der Waals surface area contributed by atoms with E-state index in [2.05, 4.69) is 31.6 Å². The number of hydrogen-bond donors (Lipinski definition) is 0. The van der Waals surface area contributed by atoms with Gasteiger partial charge in [0.15, 0.2) is 0 Å². The van der Waals surface area contributed by atoms with Crippen LogP contribution in [0.4, 0.5) is 0 Å². The minimum Gasteiger partial charge on any atom is -0.120 e. The van der Waals surface area contributed by atoms with Crippen molar-refractivity contribution >= 4 is 0 Å². The molecular weight excluding hydrogens is 132 g/mol. The van der Waals surface area contributed by atoms with E-state index in [1.54, 1.807) is 0 Å². The van der Waals surface area contributed by atoms with Crippen LogP contribution in [0.25, 0.3) is 0 Å². The average Bonchev–Trinajstić information content (AvgIpc) is 2.01. The van der Waals surface area contributed by atoms with Crippen molar-refractivity contribution < 1.29 is 0 Å². The van der Waals surface area contributed by atoms with Gasteiger partial charge in [0, 0.05) is 11.8 Å². The van der Waals surface area contributed by atoms with Crippen molar-refractivity contribution in [3.8, 4) is 24.2 Å². The molecule has 0 saturated heterocycles. The molecule has 0 bridgehead atoms. The van der Waals surface area contributed by atoms with Crippen LogP contribution in [0, 0.1) is 36.0 Å². The molecular formula is C11H16. The van der Waals surface area contributed by atoms with Gasteiger partial charge in [0.2, 0.25) is 0 Å². The van der Waals surface area contributed by atoms with Crippen LogP contribution >= 0.6 is 0 Å². The second kappa shape index (κ2) is 5.87. The van der Waals surface area contributed by atoms with E-state index < -0.39 is 0 Å². The number of terminal acetylenes is 1. The van der Waals surface area contributed by atoms with Crippen LogP contribution in [0.1, 0.15) is 33.6 Å². The molecule has 0 radical (unpaired) electrons. The zero-order chi connectivity index (χ0) is 8.69. The molecule has 0 aliphatic carbocycles. The van der Waals surface area contributed by atoms with E-state index in [1.807, 2.05) is 6.92 Å². The highest BCUT2D eigenvalue weighted by atomic mass is 14.0. The van der Waals surface area contributed by atoms with E-state index >= 15 is 0 Å². The molecule has 0 N–H and O–H groups in total. The van der Waals surface area contributed by atoms with Gasteiger partial charge in [-0.3, -0.25) is 0 Å². The first kappa shape index (κ1) is 10.1. The van der Waals surface area contributed by atoms with Crippen molar-refractivity contribution in [2.75, 3.05) is 0 Å². The maximum Gasteiger partial charge on any atom is 0.0174 e. The van der Waals surface area contributed by atoms with Crippen LogP contribution < -0.4 is 0 Å². The standard InChI is InChI=1S/C11H16/c1-5-7-11(4)9-8-10(3)6-2/h2,10-11H,8-9H2,1,3-4H3. The zero-order valence-corrected chi connectivity index (χ0v) is 7.65. The number of hydrogen-bond acceptors (Lipinski definition) is 0. The normalized spacial score (nSPS) is 14.0. The molecule has 0 aromatic heterocycles. The van der Waals surface area contributed by atoms with Crippen LogP contribution in [0.3, 0.4) is 0 Å². The summed E-state index contributed by atoms with van der Waals surface area (Å²) in [5.74, 6) is 9.62. The summed E-state index contributed by atoms with van der Waals surface area (Å²) in [7, 11) is 0. The molecule has 2 unspecified atom stereocenters. The monoisotopic (exact) mass is 148 g/mol. The van der Waals surface area contributed by atoms with Crippen molar-refractivity contribution in [3.63, 3.8) is 0 Å². The molecule has 0 aromatic carbocycles. The Kier molecular flexibility index (Phi) is 5.40. The summed E-state index contributed by atoms with van der Waals surface area (Å²) in [6.07, 6.45) is 7.45. The second-order valence-electron chi connectivity index (χ2n) is 2.94. The highest BCUT2D eigenvalue weighted by Crippen LogP contribution is 2.10. The van der Waals surface area contributed by atoms with Gasteiger partial charge in [-0.2, -0.15) is 0 Å². The van der Waals surface area contributed by atoms with Crippen molar-refractivity contribution in [1.82, 2.24) is 0 Å². The van der Waals surface area contributed by atoms with Crippen LogP contribution in [0.5, 0.6) is 0 Å². The summed E-state index contributed by atoms with van der Waals surface area (Å²) in [6.45, 7) is 6.09. The molecule has 2 atom stereocenters. The summed E-state index contributed by atoms with van der Waals surface area (Å²) in [5.41, 5.74) is 0. The first-order chi connectivity index (χ1) is 5.20. The molecule has 0 heteroatoms. The van der Waals surface area contributed by atoms with Gasteiger partial charge in [0.25, 0.3) is 0 Å². The lowest BCUT2D eigenvalue weighted by Gasteiger charge is -2.05. The molecule has 0 nitrogen and oxygen atoms in total. The maximum atomic E-state index is 5.25. The van der Waals surface area contributed by atoms with E-state index in [0.29, 0.717) is 11.8 Å². The molecule has 0 aliphatic heterocycles. The molecule has 0 aromatic rings. The lowest BCUT2D eigenvalue weighted by Crippen LogP contribution is -1.95. The molecule has 60 valence electrons. The zero-order valence-electron chi connectivity index (χ0n) is 7.65. The summed E-state index contributed by atoms with van der Waals surface area (Å²) in [5, 5.41) is 0. The Labute approximate surface area is 70.4 Å². The van der Waals surface area contributed by atoms with Crippen LogP contribution in [0.15, 0.2) is 0 Å². The summed E-state index contributed by atoms with van der Waals surface area (Å²) < 4.78 is 0. The van der Waals surface area contributed by atoms with Gasteiger partial charge in [-0.1, -0.05) is 13.8 Å². The predicted octanol–water partition coefficient (Wildman–Crippen LogP) is 2.70. The van der Waals surface area contributed by atoms with Crippen LogP contribution in [-0.4, -0.2) is 0 Å². The Bertz CT molecular complexity index is 184. The van der Waals surface area contributed by atoms with Crippen LogP contribution in [0.2, 0.25) is 0 Å². The summed E-state index contributed by atoms with van der Waals surface area (Å²) >= 11 is 0. The molecule has 0 heterocycles. The fraction of sp³-hybridized carbons (Fsp3) is 0.636. The summed E-state index contributed by atoms with van der Waals surface area (Å²) in [6, 6.07) is 0. The minimum absolute atomic E-state index is 0.399. The quantitative estimate of drug-likeness (QED) is 0.540. The van der Waals surface area contributed by atoms with E-state index in [-0.39, 0.29) is 0 Å². The van der Waals surface area contributed by atoms with Crippen molar-refractivity contribution in [2.24, 2.45) is 11.8 Å². The molecule has 0 fully saturated rings. The Morgan fingerprint density at radius 1 is 1.18 bits per heavy atom. The lowest BCUT2D eigenvalue weighted by molar-refractivity contribution is 0.556. The smallest absolute Gasteiger partial charge is 0.0174 e. The molecule has 0 saturated carbocycles. The van der Waals surface area contributed by atoms with Crippen molar-refractivity contribution in [2.45, 2.75) is 33.6 Å². The van der Waals surface area contributed by atoms with Gasteiger partial charge in [0.1, 0.15) is 0 Å². The van der Waals surface area contributed by atoms with Crippen molar-refractivity contribution in [3.05, 3.63) is 0 Å². The third-order valence-electron chi connectivity index (χ3n) is 1.71. The van der Waals surface area contributed by atoms with Gasteiger partial charge in [-0.25, -0.2) is 0 Å². The van der Waals surface area contributed by atoms with E-state index in [4.69, 9.17) is 6.42 Å². The maximum absolute atomic E-state index is 5.25. The van der Waals surface area contributed by atoms with Gasteiger partial charge in [0.05, 0.1) is 0 Å². The first-order valence-corrected chi connectivity index (χ1v) is 4.09. The summed E-state index contributed by atoms with van der Waals surface area (Å²) in [4.78, 5) is 0. The van der Waals surface area contributed by atoms with E-state index in [9.17, 15) is 0 Å². The molecule has 0 aliphatic rings. The van der Waals surface area contributed by atoms with Gasteiger partial charge in [-0.05, 0) is 19.8 Å². The minimum atomic E-state index is 0.399. The topological polar surface area (TPSA) is 0 Å². The number of rotatable bonds is 3. The molecule has 0 spiro atoms. The largest absolute Gasteiger partial charge is 0.120 e. The third-order valence-corrected chi connectivity index (χ3v) is 1.71. The fourth-order valence-electron chi connectivity index (χ4n) is 0.902. The predicted molar refractivity (Wildman–Crippen MR) is 49.8 cm³/mol. The van der Waals surface area contributed by atoms with E-state index in [1.165, 1.54) is 0 Å².